The Morgan fingerprint density at radius 3 is 1.96 bits per heavy atom. The maximum Gasteiger partial charge on any atom is 0.407 e. The molecule has 8 rings (SSSR count). The highest BCUT2D eigenvalue weighted by Crippen LogP contribution is 2.38. The predicted molar refractivity (Wildman–Crippen MR) is 378 cm³/mol. The van der Waals surface area contributed by atoms with Gasteiger partial charge in [-0.15, -0.1) is 0 Å². The molecule has 0 spiro atoms. The molecule has 6 aliphatic rings. The molecule has 27 heteroatoms. The van der Waals surface area contributed by atoms with E-state index >= 15 is 0 Å². The number of piperidine rings is 1. The Bertz CT molecular complexity index is 3140. The first-order valence-corrected chi connectivity index (χ1v) is 36.4. The van der Waals surface area contributed by atoms with Crippen molar-refractivity contribution < 1.29 is 77.2 Å². The number of carbonyl (C=O) groups excluding carboxylic acids is 6. The van der Waals surface area contributed by atoms with E-state index in [4.69, 9.17) is 38.9 Å². The van der Waals surface area contributed by atoms with E-state index in [0.29, 0.717) is 99.6 Å². The van der Waals surface area contributed by atoms with Gasteiger partial charge in [-0.3, -0.25) is 29.0 Å². The largest absolute Gasteiger partial charge is 0.459 e. The van der Waals surface area contributed by atoms with E-state index in [1.807, 2.05) is 51.2 Å². The number of hydrogen-bond donors (Lipinski definition) is 5. The van der Waals surface area contributed by atoms with Gasteiger partial charge in [0.15, 0.2) is 11.6 Å². The molecule has 1 unspecified atom stereocenters. The number of ether oxygens (including phenoxy) is 7. The lowest BCUT2D eigenvalue weighted by Crippen LogP contribution is -2.61. The molecule has 1 aliphatic carbocycles. The van der Waals surface area contributed by atoms with Gasteiger partial charge >= 0.3 is 12.1 Å². The van der Waals surface area contributed by atoms with E-state index < -0.39 is 114 Å². The Morgan fingerprint density at radius 2 is 1.35 bits per heavy atom. The Kier molecular flexibility index (Phi) is 30.8. The number of fused-ring (bicyclic) bond motifs is 3. The van der Waals surface area contributed by atoms with Crippen LogP contribution in [0.25, 0.3) is 0 Å². The predicted octanol–water partition coefficient (Wildman–Crippen LogP) is 5.34. The number of piperazine rings is 2. The number of nitrogens with two attached hydrogens (primary N) is 1. The number of Topliss-reactive ketones (excluding diaryl/α,β-unsaturated/α-hetero) is 3. The van der Waals surface area contributed by atoms with Gasteiger partial charge in [-0.05, 0) is 108 Å². The summed E-state index contributed by atoms with van der Waals surface area (Å²) in [5.74, 6) is -6.71. The smallest absolute Gasteiger partial charge is 0.407 e. The summed E-state index contributed by atoms with van der Waals surface area (Å²) in [6.07, 6.45) is 14.6. The molecule has 560 valence electrons. The van der Waals surface area contributed by atoms with E-state index in [0.717, 1.165) is 71.0 Å². The number of aliphatic hydroxyl groups excluding tert-OH is 2. The van der Waals surface area contributed by atoms with Crippen molar-refractivity contribution >= 4 is 47.2 Å². The summed E-state index contributed by atoms with van der Waals surface area (Å²) in [6.45, 7) is 22.0. The minimum Gasteiger partial charge on any atom is -0.459 e. The molecule has 5 aliphatic heterocycles. The van der Waals surface area contributed by atoms with E-state index in [9.17, 15) is 44.1 Å². The normalized spacial score (nSPS) is 32.2. The van der Waals surface area contributed by atoms with Crippen molar-refractivity contribution in [3.05, 3.63) is 83.5 Å². The monoisotopic (exact) mass is 1410 g/mol. The highest BCUT2D eigenvalue weighted by Gasteiger charge is 2.53. The fourth-order valence-corrected chi connectivity index (χ4v) is 14.7. The minimum atomic E-state index is -2.48. The topological polar surface area (TPSA) is 334 Å². The second-order valence-corrected chi connectivity index (χ2v) is 28.7. The maximum atomic E-state index is 14.8. The van der Waals surface area contributed by atoms with Crippen molar-refractivity contribution in [2.45, 2.75) is 199 Å². The van der Waals surface area contributed by atoms with Crippen molar-refractivity contribution in [3.63, 3.8) is 0 Å². The van der Waals surface area contributed by atoms with Crippen LogP contribution in [-0.4, -0.2) is 259 Å². The standard InChI is InChI=1S/C74H113N11O16/c1-47-16-12-11-13-17-48(2)61(95-8)40-57-21-19-52(6)74(94,101-57)68(90)69(91)85-23-15-14-18-59(85)70(92)99-63(41-62(96-9)49(3)37-51(5)66(88)67(89)65(87)50(4)36-47)58(75)38-54-20-22-60(64(39-54)97-10)100-73(93)80-44-55-42-76-71(77-43-55)83-28-24-81(25-29-83)32-34-98-35-33-82-26-30-84(31-27-82)72-78-45-56(46-79-72)53(7)86/h11-13,16-17,37,42-43,45-47,49-50,52,54,57-64,66-67,88-89,94H,14-15,18-36,38-41,44,75H2,1-10H3,(H,80,93)/b13-11?,16-12+,48-17?,51-37+/t47-,49-,50?,52-,54+,57+,58-,59+,60-,61+,62-,63+,64-,66-,67+,74-/m1/s1. The number of methoxy groups -OCH3 is 3. The zero-order valence-corrected chi connectivity index (χ0v) is 61.1. The van der Waals surface area contributed by atoms with Crippen LogP contribution in [0.5, 0.6) is 0 Å². The molecule has 0 radical (unpaired) electrons. The van der Waals surface area contributed by atoms with Gasteiger partial charge in [0.05, 0.1) is 43.2 Å². The molecular formula is C74H113N11O16. The van der Waals surface area contributed by atoms with Gasteiger partial charge in [0.2, 0.25) is 17.7 Å². The van der Waals surface area contributed by atoms with Crippen LogP contribution < -0.4 is 20.9 Å². The first kappa shape index (κ1) is 80.2. The summed E-state index contributed by atoms with van der Waals surface area (Å²) < 4.78 is 42.6. The lowest BCUT2D eigenvalue weighted by Gasteiger charge is -2.43. The van der Waals surface area contributed by atoms with Gasteiger partial charge in [-0.2, -0.15) is 0 Å². The fraction of sp³-hybridized carbons (Fsp3) is 0.703. The van der Waals surface area contributed by atoms with Crippen LogP contribution >= 0.6 is 0 Å². The number of aromatic nitrogens is 4. The van der Waals surface area contributed by atoms with Gasteiger partial charge < -0.3 is 74.2 Å². The van der Waals surface area contributed by atoms with E-state index in [2.05, 4.69) is 44.9 Å². The summed E-state index contributed by atoms with van der Waals surface area (Å²) in [4.78, 5) is 111. The molecule has 7 heterocycles. The second-order valence-electron chi connectivity index (χ2n) is 28.7. The average Bonchev–Trinajstić information content (AvgIpc) is 0.774. The second kappa shape index (κ2) is 38.9. The number of rotatable bonds is 18. The van der Waals surface area contributed by atoms with Gasteiger partial charge in [-0.25, -0.2) is 29.5 Å². The molecular weight excluding hydrogens is 1300 g/mol. The summed E-state index contributed by atoms with van der Waals surface area (Å²) in [6, 6.07) is -2.02. The molecule has 0 aromatic carbocycles. The molecule has 1 saturated carbocycles. The first-order valence-electron chi connectivity index (χ1n) is 36.4. The van der Waals surface area contributed by atoms with Gasteiger partial charge in [0.25, 0.3) is 11.7 Å². The number of nitrogens with one attached hydrogen (secondary N) is 1. The number of alkyl carbamates (subject to hydrolysis) is 1. The number of hydrogen-bond acceptors (Lipinski definition) is 25. The number of nitrogens with zero attached hydrogens (tertiary/aromatic N) is 9. The zero-order chi connectivity index (χ0) is 72.9. The first-order chi connectivity index (χ1) is 48.4. The van der Waals surface area contributed by atoms with Crippen LogP contribution in [-0.2, 0) is 58.9 Å². The third-order valence-corrected chi connectivity index (χ3v) is 21.3. The quantitative estimate of drug-likeness (QED) is 0.0413. The third-order valence-electron chi connectivity index (χ3n) is 21.3. The van der Waals surface area contributed by atoms with E-state index in [1.54, 1.807) is 65.9 Å². The number of amides is 2. The molecule has 4 saturated heterocycles. The highest BCUT2D eigenvalue weighted by atomic mass is 16.6. The molecule has 101 heavy (non-hydrogen) atoms. The van der Waals surface area contributed by atoms with Crippen LogP contribution in [0, 0.1) is 29.6 Å². The lowest BCUT2D eigenvalue weighted by molar-refractivity contribution is -0.265. The average molecular weight is 1410 g/mol. The fourth-order valence-electron chi connectivity index (χ4n) is 14.7. The Hall–Kier alpha value is -6.50. The molecule has 27 nitrogen and oxygen atoms in total. The molecule has 2 bridgehead atoms. The van der Waals surface area contributed by atoms with Crippen LogP contribution in [0.3, 0.4) is 0 Å². The summed E-state index contributed by atoms with van der Waals surface area (Å²) in [5.41, 5.74) is 9.58. The van der Waals surface area contributed by atoms with Crippen LogP contribution in [0.4, 0.5) is 16.7 Å². The van der Waals surface area contributed by atoms with Crippen LogP contribution in [0.15, 0.2) is 72.4 Å². The SMILES string of the molecule is CO[C@H]1C[C@@H]2CC[C@@H](C)[C@@](O)(O2)C(=O)C(=O)N2CCCC[C@H]2C(=O)O[C@H]([C@H](N)C[C@@H]2CC[C@@H](OC(=O)NCc3cnc(N4CCN(CCOCCN5CCN(c6ncc(C(C)=O)cn6)CC5)CC4)nc3)[C@H](OC)C2)C[C@@H](OC)[C@H](C)/C=C(\C)[C@@H](O)[C@@H](O)C(=O)C(C)C[C@H](C)/C=C/C=CC=C1C. The Labute approximate surface area is 595 Å². The van der Waals surface area contributed by atoms with Crippen LogP contribution in [0.1, 0.15) is 141 Å². The third kappa shape index (κ3) is 22.5. The Balaban J connectivity index is 0.848. The summed E-state index contributed by atoms with van der Waals surface area (Å²) in [5, 5.41) is 37.7. The Morgan fingerprint density at radius 1 is 0.713 bits per heavy atom. The number of allylic oxidation sites excluding steroid dienone is 5. The number of carbonyl (C=O) groups is 6. The van der Waals surface area contributed by atoms with E-state index in [-0.39, 0.29) is 50.0 Å². The number of aliphatic hydroxyl groups is 3. The van der Waals surface area contributed by atoms with Crippen molar-refractivity contribution in [2.24, 2.45) is 35.3 Å². The summed E-state index contributed by atoms with van der Waals surface area (Å²) in [7, 11) is 4.63. The van der Waals surface area contributed by atoms with E-state index in [1.165, 1.54) is 18.9 Å². The van der Waals surface area contributed by atoms with Gasteiger partial charge in [-0.1, -0.05) is 64.2 Å². The molecule has 2 aromatic heterocycles. The van der Waals surface area contributed by atoms with Crippen molar-refractivity contribution in [1.29, 1.82) is 0 Å². The minimum absolute atomic E-state index is 0.0448. The number of anilines is 2. The molecule has 16 atom stereocenters. The van der Waals surface area contributed by atoms with Crippen LogP contribution in [0.2, 0.25) is 0 Å². The molecule has 2 aromatic rings. The molecule has 5 fully saturated rings. The molecule has 2 amide bonds. The number of ketones is 3. The van der Waals surface area contributed by atoms with Gasteiger partial charge in [0.1, 0.15) is 30.5 Å². The molecule has 6 N–H and O–H groups in total. The number of cyclic esters (lactones) is 1. The van der Waals surface area contributed by atoms with Gasteiger partial charge in [0, 0.05) is 167 Å². The summed E-state index contributed by atoms with van der Waals surface area (Å²) >= 11 is 0. The zero-order valence-electron chi connectivity index (χ0n) is 61.1. The maximum absolute atomic E-state index is 14.8. The number of esters is 1. The van der Waals surface area contributed by atoms with Crippen molar-refractivity contribution in [1.82, 2.24) is 40.0 Å². The highest BCUT2D eigenvalue weighted by molar-refractivity contribution is 6.39. The lowest BCUT2D eigenvalue weighted by atomic mass is 9.80. The van der Waals surface area contributed by atoms with Crippen molar-refractivity contribution in [2.75, 3.05) is 116 Å². The van der Waals surface area contributed by atoms with Crippen molar-refractivity contribution in [3.8, 4) is 0 Å².